The number of Topliss-reactive ketones (excluding diaryl/α,β-unsaturated/α-hetero) is 1. The number of dihydropyridines is 1. The quantitative estimate of drug-likeness (QED) is 0.510. The van der Waals surface area contributed by atoms with Gasteiger partial charge in [0.1, 0.15) is 11.7 Å². The maximum atomic E-state index is 13.6. The first kappa shape index (κ1) is 23.6. The van der Waals surface area contributed by atoms with E-state index in [4.69, 9.17) is 14.2 Å². The van der Waals surface area contributed by atoms with Crippen molar-refractivity contribution in [1.82, 2.24) is 5.32 Å². The Morgan fingerprint density at radius 1 is 1.16 bits per heavy atom. The van der Waals surface area contributed by atoms with E-state index in [-0.39, 0.29) is 18.3 Å². The zero-order valence-electron chi connectivity index (χ0n) is 19.3. The van der Waals surface area contributed by atoms with Gasteiger partial charge >= 0.3 is 11.9 Å². The molecule has 3 rings (SSSR count). The molecule has 0 bridgehead atoms. The van der Waals surface area contributed by atoms with Crippen molar-refractivity contribution in [2.24, 2.45) is 11.8 Å². The topological polar surface area (TPSA) is 90.9 Å². The number of rotatable bonds is 7. The van der Waals surface area contributed by atoms with Crippen molar-refractivity contribution >= 4 is 17.7 Å². The molecule has 7 heteroatoms. The van der Waals surface area contributed by atoms with Crippen molar-refractivity contribution in [1.29, 1.82) is 0 Å². The van der Waals surface area contributed by atoms with E-state index < -0.39 is 23.8 Å². The lowest BCUT2D eigenvalue weighted by molar-refractivity contribution is -0.151. The SMILES string of the molecule is CCCOc1ccc([C@H]2C(C(=O)OCC)=C(C)NC3=C2C(=O)[C@@H](C(=O)OC)[C@@H](C)C3)cc1. The molecule has 32 heavy (non-hydrogen) atoms. The summed E-state index contributed by atoms with van der Waals surface area (Å²) in [5.74, 6) is -2.41. The highest BCUT2D eigenvalue weighted by Gasteiger charge is 2.47. The molecule has 1 aromatic rings. The third-order valence-electron chi connectivity index (χ3n) is 5.92. The van der Waals surface area contributed by atoms with E-state index in [2.05, 4.69) is 5.32 Å². The predicted molar refractivity (Wildman–Crippen MR) is 119 cm³/mol. The molecule has 1 aliphatic heterocycles. The Labute approximate surface area is 188 Å². The molecule has 0 saturated carbocycles. The second-order valence-electron chi connectivity index (χ2n) is 8.17. The van der Waals surface area contributed by atoms with Gasteiger partial charge in [-0.1, -0.05) is 26.0 Å². The molecule has 1 aromatic carbocycles. The molecule has 0 fully saturated rings. The summed E-state index contributed by atoms with van der Waals surface area (Å²) >= 11 is 0. The maximum Gasteiger partial charge on any atom is 0.336 e. The third kappa shape index (κ3) is 4.42. The second-order valence-corrected chi connectivity index (χ2v) is 8.17. The summed E-state index contributed by atoms with van der Waals surface area (Å²) in [5.41, 5.74) is 2.95. The number of ketones is 1. The van der Waals surface area contributed by atoms with Crippen molar-refractivity contribution in [3.63, 3.8) is 0 Å². The van der Waals surface area contributed by atoms with Gasteiger partial charge < -0.3 is 19.5 Å². The zero-order chi connectivity index (χ0) is 23.4. The van der Waals surface area contributed by atoms with Crippen molar-refractivity contribution in [2.45, 2.75) is 46.5 Å². The van der Waals surface area contributed by atoms with Crippen LogP contribution in [0.2, 0.25) is 0 Å². The zero-order valence-corrected chi connectivity index (χ0v) is 19.3. The fourth-order valence-corrected chi connectivity index (χ4v) is 4.47. The highest BCUT2D eigenvalue weighted by atomic mass is 16.5. The summed E-state index contributed by atoms with van der Waals surface area (Å²) < 4.78 is 15.9. The molecule has 2 aliphatic rings. The number of nitrogens with one attached hydrogen (secondary N) is 1. The number of hydrogen-bond acceptors (Lipinski definition) is 7. The lowest BCUT2D eigenvalue weighted by atomic mass is 9.69. The van der Waals surface area contributed by atoms with Crippen LogP contribution in [0.5, 0.6) is 5.75 Å². The molecule has 0 radical (unpaired) electrons. The molecule has 3 atom stereocenters. The van der Waals surface area contributed by atoms with Crippen LogP contribution in [0, 0.1) is 11.8 Å². The van der Waals surface area contributed by atoms with Gasteiger partial charge in [0.05, 0.1) is 25.9 Å². The average Bonchev–Trinajstić information content (AvgIpc) is 2.77. The molecular weight excluding hydrogens is 410 g/mol. The van der Waals surface area contributed by atoms with E-state index in [1.165, 1.54) is 7.11 Å². The van der Waals surface area contributed by atoms with E-state index in [1.807, 2.05) is 45.0 Å². The van der Waals surface area contributed by atoms with Gasteiger partial charge in [-0.2, -0.15) is 0 Å². The van der Waals surface area contributed by atoms with Crippen molar-refractivity contribution in [3.8, 4) is 5.75 Å². The summed E-state index contributed by atoms with van der Waals surface area (Å²) in [4.78, 5) is 39.0. The van der Waals surface area contributed by atoms with E-state index in [9.17, 15) is 14.4 Å². The highest BCUT2D eigenvalue weighted by molar-refractivity contribution is 6.12. The Balaban J connectivity index is 2.11. The van der Waals surface area contributed by atoms with Crippen LogP contribution in [0.15, 0.2) is 46.8 Å². The maximum absolute atomic E-state index is 13.6. The smallest absolute Gasteiger partial charge is 0.336 e. The lowest BCUT2D eigenvalue weighted by Gasteiger charge is -2.38. The minimum atomic E-state index is -0.905. The number of allylic oxidation sites excluding steroid dienone is 3. The molecule has 0 spiro atoms. The number of esters is 2. The van der Waals surface area contributed by atoms with Crippen molar-refractivity contribution in [3.05, 3.63) is 52.4 Å². The third-order valence-corrected chi connectivity index (χ3v) is 5.92. The highest BCUT2D eigenvalue weighted by Crippen LogP contribution is 2.45. The minimum Gasteiger partial charge on any atom is -0.494 e. The van der Waals surface area contributed by atoms with Gasteiger partial charge in [-0.25, -0.2) is 4.79 Å². The van der Waals surface area contributed by atoms with Gasteiger partial charge in [0.25, 0.3) is 0 Å². The van der Waals surface area contributed by atoms with Crippen LogP contribution in [-0.2, 0) is 23.9 Å². The summed E-state index contributed by atoms with van der Waals surface area (Å²) in [6, 6.07) is 7.38. The van der Waals surface area contributed by atoms with Gasteiger partial charge in [-0.15, -0.1) is 0 Å². The summed E-state index contributed by atoms with van der Waals surface area (Å²) in [6.07, 6.45) is 1.39. The van der Waals surface area contributed by atoms with Crippen LogP contribution in [-0.4, -0.2) is 38.0 Å². The lowest BCUT2D eigenvalue weighted by Crippen LogP contribution is -2.43. The molecule has 1 heterocycles. The predicted octanol–water partition coefficient (Wildman–Crippen LogP) is 3.65. The van der Waals surface area contributed by atoms with E-state index in [1.54, 1.807) is 6.92 Å². The molecule has 0 unspecified atom stereocenters. The van der Waals surface area contributed by atoms with E-state index in [0.717, 1.165) is 17.7 Å². The number of hydrogen-bond donors (Lipinski definition) is 1. The first-order valence-electron chi connectivity index (χ1n) is 11.1. The largest absolute Gasteiger partial charge is 0.494 e. The van der Waals surface area contributed by atoms with Crippen LogP contribution in [0.4, 0.5) is 0 Å². The van der Waals surface area contributed by atoms with Gasteiger partial charge in [0.2, 0.25) is 0 Å². The fraction of sp³-hybridized carbons (Fsp3) is 0.480. The first-order valence-corrected chi connectivity index (χ1v) is 11.1. The number of methoxy groups -OCH3 is 1. The molecule has 1 aliphatic carbocycles. The average molecular weight is 442 g/mol. The van der Waals surface area contributed by atoms with Crippen LogP contribution in [0.3, 0.4) is 0 Å². The summed E-state index contributed by atoms with van der Waals surface area (Å²) in [6.45, 7) is 8.26. The molecule has 0 aromatic heterocycles. The monoisotopic (exact) mass is 441 g/mol. The fourth-order valence-electron chi connectivity index (χ4n) is 4.47. The Hall–Kier alpha value is -3.09. The molecule has 1 N–H and O–H groups in total. The number of benzene rings is 1. The Morgan fingerprint density at radius 3 is 2.44 bits per heavy atom. The first-order chi connectivity index (χ1) is 15.3. The number of ether oxygens (including phenoxy) is 3. The van der Waals surface area contributed by atoms with Gasteiger partial charge in [0.15, 0.2) is 5.78 Å². The van der Waals surface area contributed by atoms with Crippen LogP contribution >= 0.6 is 0 Å². The van der Waals surface area contributed by atoms with Gasteiger partial charge in [-0.3, -0.25) is 9.59 Å². The van der Waals surface area contributed by atoms with E-state index in [0.29, 0.717) is 35.6 Å². The Bertz CT molecular complexity index is 959. The Morgan fingerprint density at radius 2 is 1.84 bits per heavy atom. The number of carbonyl (C=O) groups excluding carboxylic acids is 3. The molecule has 172 valence electrons. The molecule has 7 nitrogen and oxygen atoms in total. The standard InChI is InChI=1S/C25H31NO6/c1-6-12-32-17-10-8-16(9-11-17)21-20(25(29)31-7-2)15(4)26-18-13-14(3)19(24(28)30-5)23(27)22(18)21/h8-11,14,19,21,26H,6-7,12-13H2,1-5H3/t14-,19-,21-/m0/s1. The Kier molecular flexibility index (Phi) is 7.38. The van der Waals surface area contributed by atoms with Crippen LogP contribution in [0.1, 0.15) is 52.0 Å². The van der Waals surface area contributed by atoms with Crippen molar-refractivity contribution in [2.75, 3.05) is 20.3 Å². The van der Waals surface area contributed by atoms with Crippen LogP contribution < -0.4 is 10.1 Å². The van der Waals surface area contributed by atoms with Crippen LogP contribution in [0.25, 0.3) is 0 Å². The normalized spacial score (nSPS) is 22.8. The molecule has 0 amide bonds. The number of carbonyl (C=O) groups is 3. The van der Waals surface area contributed by atoms with E-state index >= 15 is 0 Å². The van der Waals surface area contributed by atoms with Gasteiger partial charge in [-0.05, 0) is 50.3 Å². The summed E-state index contributed by atoms with van der Waals surface area (Å²) in [7, 11) is 1.28. The second kappa shape index (κ2) is 10.0. The molecule has 0 saturated heterocycles. The van der Waals surface area contributed by atoms with Crippen molar-refractivity contribution < 1.29 is 28.6 Å². The summed E-state index contributed by atoms with van der Waals surface area (Å²) in [5, 5.41) is 3.25. The van der Waals surface area contributed by atoms with Gasteiger partial charge in [0, 0.05) is 22.9 Å². The molecular formula is C25H31NO6. The minimum absolute atomic E-state index is 0.216.